The Morgan fingerprint density at radius 2 is 2.11 bits per heavy atom. The maximum Gasteiger partial charge on any atom is 0.210 e. The predicted octanol–water partition coefficient (Wildman–Crippen LogP) is 2.11. The summed E-state index contributed by atoms with van der Waals surface area (Å²) in [6, 6.07) is 10.5. The summed E-state index contributed by atoms with van der Waals surface area (Å²) in [5.41, 5.74) is 1.32. The standard InChI is InChI=1S/C16H20N2O/c1-2-14-11-18(12-19)16-15(14)8-9-17(16)10-13-6-4-3-5-7-13/h2-7,12,14-16H,1,8-11H2/t14-,15-,16+/m1/s1. The second-order valence-electron chi connectivity index (χ2n) is 5.52. The van der Waals surface area contributed by atoms with Gasteiger partial charge in [-0.1, -0.05) is 36.4 Å². The van der Waals surface area contributed by atoms with E-state index in [0.29, 0.717) is 11.8 Å². The normalized spacial score (nSPS) is 30.3. The molecule has 3 atom stereocenters. The van der Waals surface area contributed by atoms with Gasteiger partial charge in [-0.2, -0.15) is 0 Å². The van der Waals surface area contributed by atoms with Crippen LogP contribution in [0.5, 0.6) is 0 Å². The van der Waals surface area contributed by atoms with Crippen LogP contribution in [0.25, 0.3) is 0 Å². The quantitative estimate of drug-likeness (QED) is 0.608. The van der Waals surface area contributed by atoms with Gasteiger partial charge >= 0.3 is 0 Å². The van der Waals surface area contributed by atoms with Crippen molar-refractivity contribution < 1.29 is 4.79 Å². The minimum Gasteiger partial charge on any atom is -0.329 e. The van der Waals surface area contributed by atoms with Crippen LogP contribution in [0.3, 0.4) is 0 Å². The van der Waals surface area contributed by atoms with Gasteiger partial charge in [-0.15, -0.1) is 6.58 Å². The lowest BCUT2D eigenvalue weighted by molar-refractivity contribution is -0.121. The second kappa shape index (κ2) is 5.17. The molecule has 2 saturated heterocycles. The summed E-state index contributed by atoms with van der Waals surface area (Å²) in [5.74, 6) is 1.02. The first-order valence-corrected chi connectivity index (χ1v) is 6.95. The fraction of sp³-hybridized carbons (Fsp3) is 0.438. The van der Waals surface area contributed by atoms with Crippen molar-refractivity contribution in [2.24, 2.45) is 11.8 Å². The van der Waals surface area contributed by atoms with Crippen LogP contribution in [0.1, 0.15) is 12.0 Å². The van der Waals surface area contributed by atoms with Gasteiger partial charge in [0.25, 0.3) is 0 Å². The van der Waals surface area contributed by atoms with E-state index in [9.17, 15) is 4.79 Å². The Hall–Kier alpha value is -1.61. The van der Waals surface area contributed by atoms with E-state index in [2.05, 4.69) is 35.7 Å². The zero-order chi connectivity index (χ0) is 13.2. The summed E-state index contributed by atoms with van der Waals surface area (Å²) >= 11 is 0. The first-order valence-electron chi connectivity index (χ1n) is 6.95. The van der Waals surface area contributed by atoms with Gasteiger partial charge in [0.05, 0.1) is 6.17 Å². The summed E-state index contributed by atoms with van der Waals surface area (Å²) in [6.07, 6.45) is 4.46. The van der Waals surface area contributed by atoms with Crippen LogP contribution in [0.15, 0.2) is 43.0 Å². The lowest BCUT2D eigenvalue weighted by Gasteiger charge is -2.29. The Kier molecular flexibility index (Phi) is 3.38. The molecule has 0 saturated carbocycles. The summed E-state index contributed by atoms with van der Waals surface area (Å²) in [5, 5.41) is 0. The van der Waals surface area contributed by atoms with Gasteiger partial charge < -0.3 is 4.90 Å². The maximum absolute atomic E-state index is 11.3. The number of likely N-dealkylation sites (tertiary alicyclic amines) is 2. The largest absolute Gasteiger partial charge is 0.329 e. The molecule has 0 aliphatic carbocycles. The molecule has 2 aliphatic rings. The van der Waals surface area contributed by atoms with Crippen LogP contribution in [0.4, 0.5) is 0 Å². The lowest BCUT2D eigenvalue weighted by Crippen LogP contribution is -2.41. The molecule has 0 N–H and O–H groups in total. The molecule has 1 amide bonds. The number of nitrogens with zero attached hydrogens (tertiary/aromatic N) is 2. The van der Waals surface area contributed by atoms with Gasteiger partial charge in [0, 0.05) is 31.5 Å². The Labute approximate surface area is 114 Å². The molecule has 1 aromatic carbocycles. The molecule has 0 radical (unpaired) electrons. The Bertz CT molecular complexity index is 459. The van der Waals surface area contributed by atoms with E-state index < -0.39 is 0 Å². The van der Waals surface area contributed by atoms with Crippen LogP contribution < -0.4 is 0 Å². The highest BCUT2D eigenvalue weighted by Gasteiger charge is 2.46. The van der Waals surface area contributed by atoms with Crippen LogP contribution in [-0.2, 0) is 11.3 Å². The molecule has 3 nitrogen and oxygen atoms in total. The van der Waals surface area contributed by atoms with E-state index in [1.807, 2.05) is 17.0 Å². The van der Waals surface area contributed by atoms with Crippen LogP contribution >= 0.6 is 0 Å². The molecular formula is C16H20N2O. The van der Waals surface area contributed by atoms with E-state index in [-0.39, 0.29) is 6.17 Å². The summed E-state index contributed by atoms with van der Waals surface area (Å²) in [7, 11) is 0. The van der Waals surface area contributed by atoms with Crippen molar-refractivity contribution in [2.45, 2.75) is 19.1 Å². The maximum atomic E-state index is 11.3. The monoisotopic (exact) mass is 256 g/mol. The van der Waals surface area contributed by atoms with Crippen molar-refractivity contribution in [1.29, 1.82) is 0 Å². The first-order chi connectivity index (χ1) is 9.33. The molecule has 3 rings (SSSR count). The van der Waals surface area contributed by atoms with Gasteiger partial charge in [0.2, 0.25) is 6.41 Å². The molecule has 2 fully saturated rings. The molecule has 100 valence electrons. The number of carbonyl (C=O) groups excluding carboxylic acids is 1. The van der Waals surface area contributed by atoms with E-state index in [4.69, 9.17) is 0 Å². The van der Waals surface area contributed by atoms with Crippen molar-refractivity contribution in [2.75, 3.05) is 13.1 Å². The zero-order valence-corrected chi connectivity index (χ0v) is 11.1. The molecule has 0 bridgehead atoms. The van der Waals surface area contributed by atoms with Crippen molar-refractivity contribution in [3.63, 3.8) is 0 Å². The summed E-state index contributed by atoms with van der Waals surface area (Å²) < 4.78 is 0. The van der Waals surface area contributed by atoms with Crippen LogP contribution in [-0.4, -0.2) is 35.5 Å². The predicted molar refractivity (Wildman–Crippen MR) is 75.2 cm³/mol. The molecule has 3 heteroatoms. The van der Waals surface area contributed by atoms with E-state index in [1.54, 1.807) is 0 Å². The van der Waals surface area contributed by atoms with Gasteiger partial charge in [0.1, 0.15) is 0 Å². The van der Waals surface area contributed by atoms with Crippen molar-refractivity contribution in [3.8, 4) is 0 Å². The number of benzene rings is 1. The van der Waals surface area contributed by atoms with Crippen molar-refractivity contribution >= 4 is 6.41 Å². The third-order valence-corrected chi connectivity index (χ3v) is 4.48. The van der Waals surface area contributed by atoms with E-state index in [0.717, 1.165) is 26.0 Å². The smallest absolute Gasteiger partial charge is 0.210 e. The van der Waals surface area contributed by atoms with Gasteiger partial charge in [-0.05, 0) is 12.0 Å². The summed E-state index contributed by atoms with van der Waals surface area (Å²) in [4.78, 5) is 15.7. The Morgan fingerprint density at radius 3 is 2.79 bits per heavy atom. The van der Waals surface area contributed by atoms with Crippen LogP contribution in [0, 0.1) is 11.8 Å². The number of fused-ring (bicyclic) bond motifs is 1. The Morgan fingerprint density at radius 1 is 1.32 bits per heavy atom. The average molecular weight is 256 g/mol. The molecule has 2 heterocycles. The molecule has 19 heavy (non-hydrogen) atoms. The van der Waals surface area contributed by atoms with Crippen LogP contribution in [0.2, 0.25) is 0 Å². The highest BCUT2D eigenvalue weighted by atomic mass is 16.1. The zero-order valence-electron chi connectivity index (χ0n) is 11.1. The molecule has 1 aromatic rings. The molecule has 0 spiro atoms. The second-order valence-corrected chi connectivity index (χ2v) is 5.52. The molecular weight excluding hydrogens is 236 g/mol. The van der Waals surface area contributed by atoms with E-state index >= 15 is 0 Å². The third-order valence-electron chi connectivity index (χ3n) is 4.48. The number of hydrogen-bond donors (Lipinski definition) is 0. The van der Waals surface area contributed by atoms with Gasteiger partial charge in [0.15, 0.2) is 0 Å². The van der Waals surface area contributed by atoms with Crippen molar-refractivity contribution in [1.82, 2.24) is 9.80 Å². The minimum atomic E-state index is 0.265. The Balaban J connectivity index is 1.77. The summed E-state index contributed by atoms with van der Waals surface area (Å²) in [6.45, 7) is 6.74. The lowest BCUT2D eigenvalue weighted by atomic mass is 9.94. The van der Waals surface area contributed by atoms with Gasteiger partial charge in [-0.25, -0.2) is 0 Å². The average Bonchev–Trinajstić information content (AvgIpc) is 3.01. The minimum absolute atomic E-state index is 0.265. The highest BCUT2D eigenvalue weighted by Crippen LogP contribution is 2.39. The third kappa shape index (κ3) is 2.19. The fourth-order valence-corrected chi connectivity index (χ4v) is 3.59. The number of rotatable bonds is 4. The highest BCUT2D eigenvalue weighted by molar-refractivity contribution is 5.49. The van der Waals surface area contributed by atoms with E-state index in [1.165, 1.54) is 12.0 Å². The number of hydrogen-bond acceptors (Lipinski definition) is 2. The van der Waals surface area contributed by atoms with Crippen molar-refractivity contribution in [3.05, 3.63) is 48.6 Å². The SMILES string of the molecule is C=C[C@@H]1CN(C=O)[C@H]2[C@@H]1CCN2Cc1ccccc1. The first kappa shape index (κ1) is 12.4. The number of amides is 1. The molecule has 2 aliphatic heterocycles. The number of carbonyl (C=O) groups is 1. The molecule has 0 unspecified atom stereocenters. The fourth-order valence-electron chi connectivity index (χ4n) is 3.59. The molecule has 0 aromatic heterocycles. The topological polar surface area (TPSA) is 23.6 Å². The van der Waals surface area contributed by atoms with Gasteiger partial charge in [-0.3, -0.25) is 9.69 Å².